The van der Waals surface area contributed by atoms with E-state index in [1.54, 1.807) is 49.4 Å². The van der Waals surface area contributed by atoms with Crippen molar-refractivity contribution in [2.45, 2.75) is 52.4 Å². The highest BCUT2D eigenvalue weighted by molar-refractivity contribution is 7.10. The average molecular weight is 511 g/mol. The second kappa shape index (κ2) is 10.4. The normalized spacial score (nSPS) is 12.4. The van der Waals surface area contributed by atoms with Gasteiger partial charge in [-0.15, -0.1) is 21.5 Å². The standard InChI is InChI=1S/C25H27FN6O3S/c1-16-11-12-19(35-16)23-28-30-32(29-23)15-21(33)31(14-17-8-5-6-9-18(17)26)22(20-10-7-13-36-20)24(34)27-25(2,3)4/h5-13,22H,14-15H2,1-4H3,(H,27,34)/t22-/m1/s1. The molecule has 0 aliphatic heterocycles. The first-order valence-corrected chi connectivity index (χ1v) is 12.2. The molecule has 0 radical (unpaired) electrons. The van der Waals surface area contributed by atoms with Crippen LogP contribution in [0.4, 0.5) is 4.39 Å². The molecule has 3 heterocycles. The molecule has 4 aromatic rings. The van der Waals surface area contributed by atoms with Crippen molar-refractivity contribution in [3.05, 3.63) is 75.9 Å². The van der Waals surface area contributed by atoms with Gasteiger partial charge in [-0.05, 0) is 62.6 Å². The number of benzene rings is 1. The highest BCUT2D eigenvalue weighted by Crippen LogP contribution is 2.29. The van der Waals surface area contributed by atoms with Gasteiger partial charge in [-0.3, -0.25) is 9.59 Å². The SMILES string of the molecule is Cc1ccc(-c2nnn(CC(=O)N(Cc3ccccc3F)[C@@H](C(=O)NC(C)(C)C)c3cccs3)n2)o1. The molecule has 0 aliphatic carbocycles. The summed E-state index contributed by atoms with van der Waals surface area (Å²) in [5, 5.41) is 17.0. The Morgan fingerprint density at radius 3 is 2.58 bits per heavy atom. The fourth-order valence-corrected chi connectivity index (χ4v) is 4.45. The molecule has 36 heavy (non-hydrogen) atoms. The summed E-state index contributed by atoms with van der Waals surface area (Å²) in [7, 11) is 0. The monoisotopic (exact) mass is 510 g/mol. The van der Waals surface area contributed by atoms with Crippen LogP contribution in [0.25, 0.3) is 11.6 Å². The van der Waals surface area contributed by atoms with E-state index in [-0.39, 0.29) is 30.4 Å². The second-order valence-electron chi connectivity index (χ2n) is 9.32. The van der Waals surface area contributed by atoms with Gasteiger partial charge in [0.05, 0.1) is 0 Å². The summed E-state index contributed by atoms with van der Waals surface area (Å²) in [6, 6.07) is 12.3. The summed E-state index contributed by atoms with van der Waals surface area (Å²) < 4.78 is 20.2. The molecule has 11 heteroatoms. The average Bonchev–Trinajstić information content (AvgIpc) is 3.56. The van der Waals surface area contributed by atoms with Gasteiger partial charge in [0.15, 0.2) is 5.76 Å². The molecule has 2 amide bonds. The van der Waals surface area contributed by atoms with Crippen molar-refractivity contribution < 1.29 is 18.4 Å². The molecule has 0 saturated carbocycles. The van der Waals surface area contributed by atoms with E-state index in [0.29, 0.717) is 16.4 Å². The van der Waals surface area contributed by atoms with Gasteiger partial charge in [0.2, 0.25) is 17.6 Å². The molecule has 0 bridgehead atoms. The van der Waals surface area contributed by atoms with E-state index in [9.17, 15) is 14.0 Å². The Morgan fingerprint density at radius 1 is 1.17 bits per heavy atom. The number of aryl methyl sites for hydroxylation is 1. The number of hydrogen-bond acceptors (Lipinski definition) is 7. The summed E-state index contributed by atoms with van der Waals surface area (Å²) in [4.78, 5) is 30.3. The van der Waals surface area contributed by atoms with Gasteiger partial charge in [0.25, 0.3) is 0 Å². The minimum atomic E-state index is -0.980. The quantitative estimate of drug-likeness (QED) is 0.382. The molecule has 0 aliphatic rings. The number of rotatable bonds is 8. The molecule has 9 nitrogen and oxygen atoms in total. The maximum atomic E-state index is 14.6. The molecule has 0 spiro atoms. The summed E-state index contributed by atoms with van der Waals surface area (Å²) in [6.45, 7) is 6.95. The van der Waals surface area contributed by atoms with Crippen LogP contribution in [0.3, 0.4) is 0 Å². The third-order valence-corrected chi connectivity index (χ3v) is 6.10. The Morgan fingerprint density at radius 2 is 1.94 bits per heavy atom. The van der Waals surface area contributed by atoms with Crippen molar-refractivity contribution in [1.82, 2.24) is 30.4 Å². The highest BCUT2D eigenvalue weighted by atomic mass is 32.1. The summed E-state index contributed by atoms with van der Waals surface area (Å²) >= 11 is 1.34. The van der Waals surface area contributed by atoms with E-state index in [1.165, 1.54) is 22.3 Å². The van der Waals surface area contributed by atoms with E-state index < -0.39 is 23.3 Å². The molecule has 0 fully saturated rings. The lowest BCUT2D eigenvalue weighted by molar-refractivity contribution is -0.143. The molecule has 0 unspecified atom stereocenters. The van der Waals surface area contributed by atoms with Gasteiger partial charge in [0.1, 0.15) is 24.2 Å². The van der Waals surface area contributed by atoms with E-state index in [2.05, 4.69) is 20.7 Å². The van der Waals surface area contributed by atoms with Gasteiger partial charge in [0, 0.05) is 22.5 Å². The van der Waals surface area contributed by atoms with Crippen molar-refractivity contribution in [2.24, 2.45) is 0 Å². The predicted octanol–water partition coefficient (Wildman–Crippen LogP) is 4.13. The van der Waals surface area contributed by atoms with Crippen LogP contribution in [0, 0.1) is 12.7 Å². The zero-order chi connectivity index (χ0) is 25.9. The van der Waals surface area contributed by atoms with Crippen LogP contribution in [0.2, 0.25) is 0 Å². The number of amides is 2. The smallest absolute Gasteiger partial charge is 0.248 e. The maximum Gasteiger partial charge on any atom is 0.248 e. The number of carbonyl (C=O) groups is 2. The third-order valence-electron chi connectivity index (χ3n) is 5.18. The van der Waals surface area contributed by atoms with E-state index in [0.717, 1.165) is 4.80 Å². The van der Waals surface area contributed by atoms with Crippen molar-refractivity contribution in [2.75, 3.05) is 0 Å². The van der Waals surface area contributed by atoms with Crippen LogP contribution in [-0.2, 0) is 22.7 Å². The summed E-state index contributed by atoms with van der Waals surface area (Å²) in [6.07, 6.45) is 0. The topological polar surface area (TPSA) is 106 Å². The van der Waals surface area contributed by atoms with Crippen LogP contribution < -0.4 is 5.32 Å². The Bertz CT molecular complexity index is 1340. The van der Waals surface area contributed by atoms with Crippen LogP contribution in [0.5, 0.6) is 0 Å². The van der Waals surface area contributed by atoms with Crippen molar-refractivity contribution in [3.8, 4) is 11.6 Å². The van der Waals surface area contributed by atoms with E-state index >= 15 is 0 Å². The molecular formula is C25H27FN6O3S. The zero-order valence-corrected chi connectivity index (χ0v) is 21.3. The third kappa shape index (κ3) is 6.03. The lowest BCUT2D eigenvalue weighted by Gasteiger charge is -2.33. The number of tetrazole rings is 1. The lowest BCUT2D eigenvalue weighted by atomic mass is 10.1. The fourth-order valence-electron chi connectivity index (χ4n) is 3.62. The van der Waals surface area contributed by atoms with Crippen molar-refractivity contribution in [1.29, 1.82) is 0 Å². The molecule has 188 valence electrons. The van der Waals surface area contributed by atoms with Gasteiger partial charge in [-0.25, -0.2) is 4.39 Å². The number of thiophene rings is 1. The van der Waals surface area contributed by atoms with Gasteiger partial charge in [-0.2, -0.15) is 4.80 Å². The van der Waals surface area contributed by atoms with Gasteiger partial charge in [-0.1, -0.05) is 24.3 Å². The number of nitrogens with one attached hydrogen (secondary N) is 1. The maximum absolute atomic E-state index is 14.6. The highest BCUT2D eigenvalue weighted by Gasteiger charge is 2.35. The van der Waals surface area contributed by atoms with Crippen LogP contribution >= 0.6 is 11.3 Å². The van der Waals surface area contributed by atoms with Gasteiger partial charge >= 0.3 is 0 Å². The summed E-state index contributed by atoms with van der Waals surface area (Å²) in [5.41, 5.74) is -0.252. The molecule has 1 N–H and O–H groups in total. The number of carbonyl (C=O) groups excluding carboxylic acids is 2. The Labute approximate surface area is 211 Å². The molecular weight excluding hydrogens is 483 g/mol. The number of halogens is 1. The van der Waals surface area contributed by atoms with Crippen LogP contribution in [-0.4, -0.2) is 42.5 Å². The number of furan rings is 1. The molecule has 0 saturated heterocycles. The Kier molecular flexibility index (Phi) is 7.30. The van der Waals surface area contributed by atoms with E-state index in [1.807, 2.05) is 26.2 Å². The Hall–Kier alpha value is -3.86. The zero-order valence-electron chi connectivity index (χ0n) is 20.4. The first kappa shape index (κ1) is 25.2. The number of hydrogen-bond donors (Lipinski definition) is 1. The molecule has 1 aromatic carbocycles. The first-order valence-electron chi connectivity index (χ1n) is 11.3. The van der Waals surface area contributed by atoms with Gasteiger partial charge < -0.3 is 14.6 Å². The fraction of sp³-hybridized carbons (Fsp3) is 0.320. The summed E-state index contributed by atoms with van der Waals surface area (Å²) in [5.74, 6) is 0.0449. The minimum Gasteiger partial charge on any atom is -0.458 e. The minimum absolute atomic E-state index is 0.120. The lowest BCUT2D eigenvalue weighted by Crippen LogP contribution is -2.49. The van der Waals surface area contributed by atoms with Crippen LogP contribution in [0.1, 0.15) is 43.0 Å². The van der Waals surface area contributed by atoms with E-state index in [4.69, 9.17) is 4.42 Å². The van der Waals surface area contributed by atoms with Crippen molar-refractivity contribution in [3.63, 3.8) is 0 Å². The Balaban J connectivity index is 1.67. The molecule has 1 atom stereocenters. The molecule has 3 aromatic heterocycles. The second-order valence-corrected chi connectivity index (χ2v) is 10.3. The van der Waals surface area contributed by atoms with Crippen LogP contribution in [0.15, 0.2) is 58.3 Å². The number of nitrogens with zero attached hydrogens (tertiary/aromatic N) is 5. The largest absolute Gasteiger partial charge is 0.458 e. The van der Waals surface area contributed by atoms with Crippen molar-refractivity contribution >= 4 is 23.2 Å². The number of aromatic nitrogens is 4. The molecule has 4 rings (SSSR count). The first-order chi connectivity index (χ1) is 17.1. The predicted molar refractivity (Wildman–Crippen MR) is 132 cm³/mol.